The van der Waals surface area contributed by atoms with Crippen molar-refractivity contribution in [3.05, 3.63) is 206 Å². The predicted molar refractivity (Wildman–Crippen MR) is 252 cm³/mol. The van der Waals surface area contributed by atoms with Crippen LogP contribution in [0, 0.1) is 0 Å². The summed E-state index contributed by atoms with van der Waals surface area (Å²) in [6.45, 7) is 0. The Morgan fingerprint density at radius 3 is 1.72 bits per heavy atom. The second kappa shape index (κ2) is 13.1. The first-order valence-corrected chi connectivity index (χ1v) is 18.1. The summed E-state index contributed by atoms with van der Waals surface area (Å²) in [4.78, 5) is 9.49. The fraction of sp³-hybridized carbons (Fsp3) is 0. The molecule has 0 amide bonds. The number of hydrogen-bond acceptors (Lipinski definition) is 3. The number of benzene rings is 9. The van der Waals surface area contributed by atoms with Crippen LogP contribution in [-0.4, -0.2) is 19.1 Å². The number of aromatic nitrogens is 4. The summed E-state index contributed by atoms with van der Waals surface area (Å²) in [5.41, 5.74) is -7.28. The number of fused-ring (bicyclic) bond motifs is 10. The van der Waals surface area contributed by atoms with Gasteiger partial charge in [-0.15, -0.1) is 0 Å². The predicted octanol–water partition coefficient (Wildman–Crippen LogP) is 14.7. The van der Waals surface area contributed by atoms with Gasteiger partial charge in [0.1, 0.15) is 16.8 Å². The van der Waals surface area contributed by atoms with Gasteiger partial charge >= 0.3 is 0 Å². The lowest BCUT2D eigenvalue weighted by atomic mass is 10.00. The molecule has 0 unspecified atom stereocenters. The summed E-state index contributed by atoms with van der Waals surface area (Å²) in [5.74, 6) is -0.748. The van der Waals surface area contributed by atoms with E-state index in [1.165, 1.54) is 18.2 Å². The molecule has 5 heteroatoms. The van der Waals surface area contributed by atoms with E-state index in [1.807, 2.05) is 0 Å². The van der Waals surface area contributed by atoms with Gasteiger partial charge in [0.05, 0.1) is 64.6 Å². The van der Waals surface area contributed by atoms with Crippen LogP contribution in [0.3, 0.4) is 0 Å². The Kier molecular flexibility index (Phi) is 3.31. The van der Waals surface area contributed by atoms with Crippen molar-refractivity contribution in [2.75, 3.05) is 0 Å². The zero-order valence-electron chi connectivity index (χ0n) is 61.4. The van der Waals surface area contributed by atoms with Crippen molar-refractivity contribution < 1.29 is 46.9 Å². The van der Waals surface area contributed by atoms with E-state index in [2.05, 4.69) is 4.98 Å². The van der Waals surface area contributed by atoms with Crippen LogP contribution in [0.15, 0.2) is 210 Å². The van der Waals surface area contributed by atoms with Crippen LogP contribution in [0.25, 0.3) is 122 Å². The first-order chi connectivity index (χ1) is 43.1. The molecule has 13 aromatic rings. The molecule has 5 nitrogen and oxygen atoms in total. The summed E-state index contributed by atoms with van der Waals surface area (Å²) in [7, 11) is 0. The third-order valence-electron chi connectivity index (χ3n) is 10.1. The monoisotopic (exact) mass is 809 g/mol. The number of hydrogen-bond donors (Lipinski definition) is 0. The van der Waals surface area contributed by atoms with Gasteiger partial charge in [0.15, 0.2) is 5.58 Å². The van der Waals surface area contributed by atoms with E-state index < -0.39 is 276 Å². The number of para-hydroxylation sites is 3. The van der Waals surface area contributed by atoms with Crippen molar-refractivity contribution in [1.82, 2.24) is 19.1 Å². The van der Waals surface area contributed by atoms with Gasteiger partial charge in [0.25, 0.3) is 0 Å². The SMILES string of the molecule is [2H]c1c([2H])c([2H])c(-c2nc(-n3c4c([2H])c([2H])c([2H])c([2H])c4c4c([2H])c(-c5c([2H])c([2H])c6c(c5[2H])c5c([2H])c([2H])c([2H])c([2H])c5n6-c5c([2H])c([2H])c([2H])c([2H])c5[2H])c([2H])c([2H])c43)nc3c2oc2ccc(-c4c([2H])c([2H])c5c([2H])c([2H])c([2H])c([2H])c5c4[2H])cc23)c([2H])c1[2H]. The molecule has 0 radical (unpaired) electrons. The van der Waals surface area contributed by atoms with E-state index in [1.54, 1.807) is 0 Å². The molecule has 0 fully saturated rings. The second-order valence-electron chi connectivity index (χ2n) is 13.4. The zero-order chi connectivity index (χ0) is 67.0. The Morgan fingerprint density at radius 2 is 0.984 bits per heavy atom. The molecule has 0 saturated carbocycles. The molecule has 0 N–H and O–H groups in total. The van der Waals surface area contributed by atoms with Crippen molar-refractivity contribution in [3.63, 3.8) is 0 Å². The summed E-state index contributed by atoms with van der Waals surface area (Å²) in [5, 5.41) is -3.23. The maximum absolute atomic E-state index is 10.1. The molecule has 0 saturated heterocycles. The summed E-state index contributed by atoms with van der Waals surface area (Å²) < 4.78 is 287. The van der Waals surface area contributed by atoms with E-state index >= 15 is 0 Å². The van der Waals surface area contributed by atoms with Gasteiger partial charge in [-0.2, -0.15) is 0 Å². The normalized spacial score (nSPS) is 19.0. The molecular formula is C56H34N4O. The maximum Gasteiger partial charge on any atom is 0.236 e. The lowest BCUT2D eigenvalue weighted by molar-refractivity contribution is 0.666. The highest BCUT2D eigenvalue weighted by molar-refractivity contribution is 6.13. The highest BCUT2D eigenvalue weighted by Gasteiger charge is 2.22. The fourth-order valence-corrected chi connectivity index (χ4v) is 7.41. The Morgan fingerprint density at radius 1 is 0.410 bits per heavy atom. The van der Waals surface area contributed by atoms with E-state index in [-0.39, 0.29) is 33.0 Å². The Bertz CT molecular complexity index is 5680. The number of rotatable bonds is 5. The van der Waals surface area contributed by atoms with Gasteiger partial charge in [-0.1, -0.05) is 139 Å². The van der Waals surface area contributed by atoms with Crippen LogP contribution in [0.4, 0.5) is 0 Å². The lowest BCUT2D eigenvalue weighted by Gasteiger charge is -2.10. The summed E-state index contributed by atoms with van der Waals surface area (Å²) in [6.07, 6.45) is 0. The van der Waals surface area contributed by atoms with E-state index in [0.717, 1.165) is 9.13 Å². The van der Waals surface area contributed by atoms with Gasteiger partial charge < -0.3 is 8.98 Å². The number of furan rings is 1. The molecular weight excluding hydrogens is 745 g/mol. The molecule has 13 rings (SSSR count). The minimum Gasteiger partial charge on any atom is -0.452 e. The van der Waals surface area contributed by atoms with Crippen LogP contribution in [0.1, 0.15) is 42.5 Å². The molecule has 4 aromatic heterocycles. The second-order valence-corrected chi connectivity index (χ2v) is 13.4. The first kappa shape index (κ1) is 15.4. The quantitative estimate of drug-likeness (QED) is 0.174. The fourth-order valence-electron chi connectivity index (χ4n) is 7.41. The van der Waals surface area contributed by atoms with Gasteiger partial charge in [-0.05, 0) is 99.5 Å². The van der Waals surface area contributed by atoms with Crippen molar-refractivity contribution >= 4 is 76.5 Å². The van der Waals surface area contributed by atoms with Gasteiger partial charge in [0.2, 0.25) is 5.95 Å². The molecule has 0 atom stereocenters. The molecule has 0 spiro atoms. The molecule has 4 heterocycles. The van der Waals surface area contributed by atoms with E-state index in [4.69, 9.17) is 39.6 Å². The van der Waals surface area contributed by atoms with Gasteiger partial charge in [0, 0.05) is 38.2 Å². The van der Waals surface area contributed by atoms with Gasteiger partial charge in [-0.3, -0.25) is 4.57 Å². The highest BCUT2D eigenvalue weighted by Crippen LogP contribution is 2.41. The molecule has 9 aromatic carbocycles. The van der Waals surface area contributed by atoms with Crippen LogP contribution in [0.5, 0.6) is 0 Å². The lowest BCUT2D eigenvalue weighted by Crippen LogP contribution is -2.02. The Balaban J connectivity index is 1.18. The first-order valence-electron chi connectivity index (χ1n) is 33.6. The van der Waals surface area contributed by atoms with Crippen LogP contribution >= 0.6 is 0 Å². The molecule has 0 aliphatic carbocycles. The topological polar surface area (TPSA) is 48.8 Å². The third-order valence-corrected chi connectivity index (χ3v) is 10.1. The minimum atomic E-state index is -1.05. The summed E-state index contributed by atoms with van der Waals surface area (Å²) in [6, 6.07) is -22.5. The van der Waals surface area contributed by atoms with Crippen molar-refractivity contribution in [3.8, 4) is 45.1 Å². The Labute approximate surface area is 393 Å². The summed E-state index contributed by atoms with van der Waals surface area (Å²) >= 11 is 0. The standard InChI is InChI=1S/C56H34N4O/c1-3-14-36(15-4-1)53-55-54(47-34-41(27-30-52(47)61-55)38-24-23-35-13-7-8-16-37(35)31-38)58-56(57-53)60-49-22-12-10-20-44(49)46-33-40(26-29-51(46)60)39-25-28-50-45(32-39)43-19-9-11-21-48(43)59(50)42-17-5-2-6-18-42/h1-34H/i1D,2D,3D,4D,5D,6D,7D,8D,9D,10D,11D,12D,13D,14D,15D,16D,17D,18D,19D,20D,21D,22D,23D,24D,25D,26D,28D,29D,31D,32D,33D. The molecule has 0 aliphatic rings. The minimum absolute atomic E-state index is 0.0391. The molecule has 284 valence electrons. The maximum atomic E-state index is 10.1. The van der Waals surface area contributed by atoms with Crippen molar-refractivity contribution in [1.29, 1.82) is 0 Å². The van der Waals surface area contributed by atoms with Crippen molar-refractivity contribution in [2.45, 2.75) is 0 Å². The Hall–Kier alpha value is -8.28. The largest absolute Gasteiger partial charge is 0.452 e. The number of nitrogens with zero attached hydrogens (tertiary/aromatic N) is 4. The van der Waals surface area contributed by atoms with E-state index in [9.17, 15) is 12.3 Å². The van der Waals surface area contributed by atoms with Crippen LogP contribution < -0.4 is 0 Å². The van der Waals surface area contributed by atoms with Crippen molar-refractivity contribution in [2.24, 2.45) is 0 Å². The third kappa shape index (κ3) is 5.21. The van der Waals surface area contributed by atoms with Gasteiger partial charge in [-0.25, -0.2) is 9.97 Å². The smallest absolute Gasteiger partial charge is 0.236 e. The zero-order valence-corrected chi connectivity index (χ0v) is 30.4. The molecule has 0 aliphatic heterocycles. The molecule has 61 heavy (non-hydrogen) atoms. The highest BCUT2D eigenvalue weighted by atomic mass is 16.3. The average molecular weight is 810 g/mol. The van der Waals surface area contributed by atoms with Crippen LogP contribution in [0.2, 0.25) is 0 Å². The molecule has 0 bridgehead atoms. The van der Waals surface area contributed by atoms with E-state index in [0.29, 0.717) is 0 Å². The average Bonchev–Trinajstić information content (AvgIpc) is 1.51. The van der Waals surface area contributed by atoms with Crippen LogP contribution in [-0.2, 0) is 0 Å².